The Bertz CT molecular complexity index is 1260. The molecular weight excluding hydrogens is 472 g/mol. The molecule has 35 heavy (non-hydrogen) atoms. The van der Waals surface area contributed by atoms with Crippen molar-refractivity contribution in [3.8, 4) is 11.5 Å². The van der Waals surface area contributed by atoms with E-state index in [1.54, 1.807) is 36.4 Å². The molecule has 0 saturated heterocycles. The van der Waals surface area contributed by atoms with Crippen LogP contribution in [0.1, 0.15) is 17.2 Å². The van der Waals surface area contributed by atoms with Gasteiger partial charge in [-0.05, 0) is 35.4 Å². The van der Waals surface area contributed by atoms with Crippen LogP contribution in [-0.2, 0) is 16.1 Å². The monoisotopic (exact) mass is 494 g/mol. The number of hydrogen-bond donors (Lipinski definition) is 2. The molecule has 0 fully saturated rings. The largest absolute Gasteiger partial charge is 0.454 e. The van der Waals surface area contributed by atoms with E-state index in [1.807, 2.05) is 12.1 Å². The highest BCUT2D eigenvalue weighted by atomic mass is 35.5. The van der Waals surface area contributed by atoms with E-state index in [9.17, 15) is 14.4 Å². The molecule has 9 nitrogen and oxygen atoms in total. The van der Waals surface area contributed by atoms with Crippen LogP contribution in [0.2, 0.25) is 5.02 Å². The minimum atomic E-state index is -0.661. The molecule has 0 aromatic heterocycles. The normalized spacial score (nSPS) is 18.5. The van der Waals surface area contributed by atoms with Gasteiger partial charge in [0.2, 0.25) is 12.7 Å². The highest BCUT2D eigenvalue weighted by molar-refractivity contribution is 6.30. The third kappa shape index (κ3) is 4.42. The number of carbonyl (C=O) groups is 3. The second-order valence-electron chi connectivity index (χ2n) is 8.32. The van der Waals surface area contributed by atoms with Gasteiger partial charge in [-0.3, -0.25) is 14.5 Å². The Balaban J connectivity index is 1.31. The van der Waals surface area contributed by atoms with Crippen LogP contribution < -0.4 is 20.1 Å². The maximum absolute atomic E-state index is 13.4. The van der Waals surface area contributed by atoms with E-state index in [-0.39, 0.29) is 50.8 Å². The molecule has 5 rings (SSSR count). The molecule has 2 N–H and O–H groups in total. The lowest BCUT2D eigenvalue weighted by Crippen LogP contribution is -2.47. The molecule has 0 aliphatic carbocycles. The minimum Gasteiger partial charge on any atom is -0.454 e. The summed E-state index contributed by atoms with van der Waals surface area (Å²) < 4.78 is 10.7. The van der Waals surface area contributed by atoms with E-state index in [1.165, 1.54) is 9.80 Å². The summed E-state index contributed by atoms with van der Waals surface area (Å²) >= 11 is 6.16. The van der Waals surface area contributed by atoms with Crippen molar-refractivity contribution in [3.05, 3.63) is 82.5 Å². The second-order valence-corrected chi connectivity index (χ2v) is 8.76. The van der Waals surface area contributed by atoms with E-state index in [4.69, 9.17) is 21.1 Å². The molecule has 2 aromatic carbocycles. The lowest BCUT2D eigenvalue weighted by molar-refractivity contribution is -0.132. The summed E-state index contributed by atoms with van der Waals surface area (Å²) in [6.45, 7) is 4.40. The number of benzene rings is 2. The van der Waals surface area contributed by atoms with E-state index in [2.05, 4.69) is 17.2 Å². The highest BCUT2D eigenvalue weighted by Gasteiger charge is 2.44. The minimum absolute atomic E-state index is 0.143. The first-order valence-electron chi connectivity index (χ1n) is 11.1. The van der Waals surface area contributed by atoms with E-state index >= 15 is 0 Å². The molecule has 0 radical (unpaired) electrons. The van der Waals surface area contributed by atoms with Crippen molar-refractivity contribution < 1.29 is 23.9 Å². The van der Waals surface area contributed by atoms with Crippen molar-refractivity contribution in [2.45, 2.75) is 12.6 Å². The molecule has 4 amide bonds. The highest BCUT2D eigenvalue weighted by Crippen LogP contribution is 2.37. The second kappa shape index (κ2) is 9.34. The SMILES string of the molecule is C=CCN1C(=O)N[C@@H](c2cccc(Cl)c2)C2=C1CN(CC(=O)NCc1ccc3c(c1)OCO3)C2=O. The summed E-state index contributed by atoms with van der Waals surface area (Å²) in [7, 11) is 0. The lowest BCUT2D eigenvalue weighted by atomic mass is 9.95. The van der Waals surface area contributed by atoms with Gasteiger partial charge >= 0.3 is 6.03 Å². The Hall–Kier alpha value is -3.98. The van der Waals surface area contributed by atoms with Crippen LogP contribution in [0.15, 0.2) is 66.4 Å². The van der Waals surface area contributed by atoms with Gasteiger partial charge in [-0.15, -0.1) is 6.58 Å². The molecule has 3 aliphatic rings. The number of fused-ring (bicyclic) bond motifs is 1. The molecule has 0 saturated carbocycles. The van der Waals surface area contributed by atoms with Crippen molar-refractivity contribution >= 4 is 29.4 Å². The number of rotatable bonds is 7. The fraction of sp³-hybridized carbons (Fsp3) is 0.240. The lowest BCUT2D eigenvalue weighted by Gasteiger charge is -2.33. The van der Waals surface area contributed by atoms with Gasteiger partial charge in [-0.1, -0.05) is 35.9 Å². The molecule has 10 heteroatoms. The van der Waals surface area contributed by atoms with Crippen LogP contribution in [0, 0.1) is 0 Å². The number of nitrogens with one attached hydrogen (secondary N) is 2. The summed E-state index contributed by atoms with van der Waals surface area (Å²) in [5.74, 6) is 0.678. The Morgan fingerprint density at radius 3 is 2.83 bits per heavy atom. The van der Waals surface area contributed by atoms with Crippen molar-refractivity contribution in [1.29, 1.82) is 0 Å². The maximum Gasteiger partial charge on any atom is 0.322 e. The van der Waals surface area contributed by atoms with Crippen molar-refractivity contribution in [1.82, 2.24) is 20.4 Å². The van der Waals surface area contributed by atoms with Crippen LogP contribution in [0.4, 0.5) is 4.79 Å². The maximum atomic E-state index is 13.4. The summed E-state index contributed by atoms with van der Waals surface area (Å²) in [4.78, 5) is 41.9. The molecule has 0 bridgehead atoms. The molecule has 3 aliphatic heterocycles. The Kier molecular flexibility index (Phi) is 6.08. The zero-order valence-electron chi connectivity index (χ0n) is 18.8. The topological polar surface area (TPSA) is 100 Å². The van der Waals surface area contributed by atoms with Crippen molar-refractivity contribution in [3.63, 3.8) is 0 Å². The Morgan fingerprint density at radius 1 is 1.20 bits per heavy atom. The van der Waals surface area contributed by atoms with Gasteiger partial charge in [-0.25, -0.2) is 4.79 Å². The standard InChI is InChI=1S/C25H23ClN4O5/c1-2-8-30-18-12-29(13-21(31)27-11-15-6-7-19-20(9-15)35-14-34-19)24(32)22(18)23(28-25(30)33)16-4-3-5-17(26)10-16/h2-7,9-10,23H,1,8,11-14H2,(H,27,31)(H,28,33)/t23-/m0/s1. The Morgan fingerprint density at radius 2 is 2.03 bits per heavy atom. The van der Waals surface area contributed by atoms with Crippen LogP contribution >= 0.6 is 11.6 Å². The zero-order valence-corrected chi connectivity index (χ0v) is 19.5. The smallest absolute Gasteiger partial charge is 0.322 e. The van der Waals surface area contributed by atoms with Gasteiger partial charge in [0.1, 0.15) is 6.54 Å². The van der Waals surface area contributed by atoms with Gasteiger partial charge in [0, 0.05) is 18.1 Å². The van der Waals surface area contributed by atoms with Gasteiger partial charge in [0.25, 0.3) is 5.91 Å². The van der Waals surface area contributed by atoms with E-state index in [0.717, 1.165) is 5.56 Å². The zero-order chi connectivity index (χ0) is 24.5. The van der Waals surface area contributed by atoms with Crippen LogP contribution in [-0.4, -0.2) is 54.1 Å². The molecule has 3 heterocycles. The quantitative estimate of drug-likeness (QED) is 0.576. The number of amides is 4. The first kappa shape index (κ1) is 22.8. The van der Waals surface area contributed by atoms with E-state index < -0.39 is 6.04 Å². The third-order valence-electron chi connectivity index (χ3n) is 6.05. The predicted octanol–water partition coefficient (Wildman–Crippen LogP) is 2.73. The molecular formula is C25H23ClN4O5. The number of urea groups is 1. The number of hydrogen-bond acceptors (Lipinski definition) is 5. The van der Waals surface area contributed by atoms with Gasteiger partial charge in [-0.2, -0.15) is 0 Å². The average molecular weight is 495 g/mol. The third-order valence-corrected chi connectivity index (χ3v) is 6.29. The average Bonchev–Trinajstić information content (AvgIpc) is 3.44. The van der Waals surface area contributed by atoms with Crippen LogP contribution in [0.25, 0.3) is 0 Å². The molecule has 0 spiro atoms. The van der Waals surface area contributed by atoms with Gasteiger partial charge in [0.05, 0.1) is 23.9 Å². The molecule has 0 unspecified atom stereocenters. The van der Waals surface area contributed by atoms with Gasteiger partial charge in [0.15, 0.2) is 11.5 Å². The molecule has 180 valence electrons. The molecule has 2 aromatic rings. The van der Waals surface area contributed by atoms with Crippen LogP contribution in [0.5, 0.6) is 11.5 Å². The number of nitrogens with zero attached hydrogens (tertiary/aromatic N) is 2. The van der Waals surface area contributed by atoms with E-state index in [0.29, 0.717) is 33.4 Å². The summed E-state index contributed by atoms with van der Waals surface area (Å²) in [5.41, 5.74) is 2.53. The number of carbonyl (C=O) groups excluding carboxylic acids is 3. The summed E-state index contributed by atoms with van der Waals surface area (Å²) in [6.07, 6.45) is 1.59. The Labute approximate surface area is 206 Å². The van der Waals surface area contributed by atoms with Crippen molar-refractivity contribution in [2.75, 3.05) is 26.4 Å². The van der Waals surface area contributed by atoms with Gasteiger partial charge < -0.3 is 25.0 Å². The fourth-order valence-corrected chi connectivity index (χ4v) is 4.61. The summed E-state index contributed by atoms with van der Waals surface area (Å²) in [5, 5.41) is 6.22. The molecule has 1 atom stereocenters. The first-order valence-corrected chi connectivity index (χ1v) is 11.4. The van der Waals surface area contributed by atoms with Crippen LogP contribution in [0.3, 0.4) is 0 Å². The number of ether oxygens (including phenoxy) is 2. The fourth-order valence-electron chi connectivity index (χ4n) is 4.42. The van der Waals surface area contributed by atoms with Crippen molar-refractivity contribution in [2.24, 2.45) is 0 Å². The number of halogens is 1. The predicted molar refractivity (Wildman–Crippen MR) is 128 cm³/mol. The first-order chi connectivity index (χ1) is 16.9. The summed E-state index contributed by atoms with van der Waals surface area (Å²) in [6, 6.07) is 11.5.